The molecular formula is C15H13Cl3N2O3. The van der Waals surface area contributed by atoms with E-state index in [1.807, 2.05) is 0 Å². The van der Waals surface area contributed by atoms with Crippen molar-refractivity contribution in [3.8, 4) is 11.5 Å². The number of benzene rings is 2. The van der Waals surface area contributed by atoms with Gasteiger partial charge in [-0.3, -0.25) is 0 Å². The number of carbonyl (C=O) groups excluding carboxylic acids is 1. The Labute approximate surface area is 148 Å². The molecule has 0 saturated heterocycles. The number of nitrogens with one attached hydrogen (secondary N) is 2. The van der Waals surface area contributed by atoms with Gasteiger partial charge in [0.15, 0.2) is 0 Å². The van der Waals surface area contributed by atoms with Crippen molar-refractivity contribution in [2.45, 2.75) is 0 Å². The molecule has 5 nitrogen and oxygen atoms in total. The number of hydrogen-bond acceptors (Lipinski definition) is 3. The van der Waals surface area contributed by atoms with Crippen molar-refractivity contribution >= 4 is 52.2 Å². The topological polar surface area (TPSA) is 59.6 Å². The molecule has 0 aliphatic rings. The Bertz CT molecular complexity index is 718. The third-order valence-corrected chi connectivity index (χ3v) is 3.57. The number of rotatable bonds is 4. The molecule has 0 saturated carbocycles. The number of carbonyl (C=O) groups is 1. The summed E-state index contributed by atoms with van der Waals surface area (Å²) >= 11 is 17.8. The van der Waals surface area contributed by atoms with E-state index in [2.05, 4.69) is 10.6 Å². The van der Waals surface area contributed by atoms with E-state index in [0.717, 1.165) is 0 Å². The van der Waals surface area contributed by atoms with E-state index < -0.39 is 6.03 Å². The molecule has 2 aromatic carbocycles. The average Bonchev–Trinajstić information content (AvgIpc) is 2.47. The molecule has 2 rings (SSSR count). The molecule has 0 aromatic heterocycles. The van der Waals surface area contributed by atoms with Gasteiger partial charge in [0.2, 0.25) is 0 Å². The zero-order valence-corrected chi connectivity index (χ0v) is 14.5. The molecule has 23 heavy (non-hydrogen) atoms. The normalized spacial score (nSPS) is 10.1. The third-order valence-electron chi connectivity index (χ3n) is 2.84. The van der Waals surface area contributed by atoms with Gasteiger partial charge in [0.1, 0.15) is 11.5 Å². The van der Waals surface area contributed by atoms with Gasteiger partial charge in [0.05, 0.1) is 24.9 Å². The maximum Gasteiger partial charge on any atom is 0.323 e. The van der Waals surface area contributed by atoms with Crippen LogP contribution in [-0.4, -0.2) is 20.3 Å². The molecule has 122 valence electrons. The maximum absolute atomic E-state index is 12.1. The van der Waals surface area contributed by atoms with Gasteiger partial charge in [0.25, 0.3) is 0 Å². The van der Waals surface area contributed by atoms with Gasteiger partial charge in [-0.05, 0) is 18.2 Å². The van der Waals surface area contributed by atoms with Crippen LogP contribution in [-0.2, 0) is 0 Å². The Morgan fingerprint density at radius 2 is 1.48 bits per heavy atom. The number of urea groups is 1. The smallest absolute Gasteiger partial charge is 0.323 e. The molecule has 2 N–H and O–H groups in total. The summed E-state index contributed by atoms with van der Waals surface area (Å²) in [6.45, 7) is 0. The molecule has 0 aliphatic heterocycles. The largest absolute Gasteiger partial charge is 0.495 e. The summed E-state index contributed by atoms with van der Waals surface area (Å²) in [5.41, 5.74) is 0.860. The van der Waals surface area contributed by atoms with Gasteiger partial charge in [0, 0.05) is 27.9 Å². The highest BCUT2D eigenvalue weighted by Crippen LogP contribution is 2.36. The molecule has 8 heteroatoms. The second-order valence-corrected chi connectivity index (χ2v) is 5.70. The predicted octanol–water partition coefficient (Wildman–Crippen LogP) is 5.31. The second-order valence-electron chi connectivity index (χ2n) is 4.42. The zero-order chi connectivity index (χ0) is 17.0. The molecule has 0 unspecified atom stereocenters. The Hall–Kier alpha value is -1.82. The third kappa shape index (κ3) is 4.58. The highest BCUT2D eigenvalue weighted by molar-refractivity contribution is 6.35. The van der Waals surface area contributed by atoms with E-state index in [4.69, 9.17) is 44.3 Å². The minimum Gasteiger partial charge on any atom is -0.495 e. The summed E-state index contributed by atoms with van der Waals surface area (Å²) in [6.07, 6.45) is 0. The number of ether oxygens (including phenoxy) is 2. The predicted molar refractivity (Wildman–Crippen MR) is 93.7 cm³/mol. The molecule has 2 aromatic rings. The minimum atomic E-state index is -0.494. The molecule has 0 fully saturated rings. The standard InChI is InChI=1S/C15H13Cl3N2O3/c1-22-13-7-12(14(23-2)6-11(13)18)20-15(21)19-10-4-8(16)3-9(17)5-10/h3-7H,1-2H3,(H2,19,20,21). The van der Waals surface area contributed by atoms with Gasteiger partial charge in [-0.1, -0.05) is 34.8 Å². The molecule has 0 radical (unpaired) electrons. The lowest BCUT2D eigenvalue weighted by atomic mass is 10.2. The van der Waals surface area contributed by atoms with Crippen LogP contribution in [0.5, 0.6) is 11.5 Å². The molecular weight excluding hydrogens is 363 g/mol. The lowest BCUT2D eigenvalue weighted by Crippen LogP contribution is -2.19. The average molecular weight is 376 g/mol. The maximum atomic E-state index is 12.1. The van der Waals surface area contributed by atoms with E-state index in [1.54, 1.807) is 30.3 Å². The van der Waals surface area contributed by atoms with E-state index in [1.165, 1.54) is 14.2 Å². The van der Waals surface area contributed by atoms with Crippen LogP contribution in [0.4, 0.5) is 16.2 Å². The van der Waals surface area contributed by atoms with Crippen molar-refractivity contribution in [3.05, 3.63) is 45.4 Å². The Kier molecular flexibility index (Phi) is 5.82. The molecule has 0 atom stereocenters. The number of methoxy groups -OCH3 is 2. The van der Waals surface area contributed by atoms with Crippen molar-refractivity contribution in [1.29, 1.82) is 0 Å². The number of halogens is 3. The van der Waals surface area contributed by atoms with Crippen molar-refractivity contribution in [3.63, 3.8) is 0 Å². The Morgan fingerprint density at radius 1 is 0.870 bits per heavy atom. The van der Waals surface area contributed by atoms with Gasteiger partial charge in [-0.15, -0.1) is 0 Å². The van der Waals surface area contributed by atoms with Crippen LogP contribution in [0.3, 0.4) is 0 Å². The Morgan fingerprint density at radius 3 is 2.04 bits per heavy atom. The monoisotopic (exact) mass is 374 g/mol. The summed E-state index contributed by atoms with van der Waals surface area (Å²) in [4.78, 5) is 12.1. The van der Waals surface area contributed by atoms with E-state index in [-0.39, 0.29) is 0 Å². The summed E-state index contributed by atoms with van der Waals surface area (Å²) < 4.78 is 10.3. The van der Waals surface area contributed by atoms with Gasteiger partial charge in [-0.25, -0.2) is 4.79 Å². The van der Waals surface area contributed by atoms with Crippen LogP contribution in [0, 0.1) is 0 Å². The summed E-state index contributed by atoms with van der Waals surface area (Å²) in [5.74, 6) is 0.809. The highest BCUT2D eigenvalue weighted by atomic mass is 35.5. The molecule has 0 heterocycles. The number of anilines is 2. The molecule has 0 aliphatic carbocycles. The number of amides is 2. The molecule has 0 bridgehead atoms. The minimum absolute atomic E-state index is 0.372. The van der Waals surface area contributed by atoms with Crippen LogP contribution < -0.4 is 20.1 Å². The first-order chi connectivity index (χ1) is 10.9. The summed E-state index contributed by atoms with van der Waals surface area (Å²) in [5, 5.41) is 6.48. The van der Waals surface area contributed by atoms with Crippen molar-refractivity contribution in [2.75, 3.05) is 24.9 Å². The van der Waals surface area contributed by atoms with E-state index >= 15 is 0 Å². The lowest BCUT2D eigenvalue weighted by molar-refractivity contribution is 0.262. The summed E-state index contributed by atoms with van der Waals surface area (Å²) in [7, 11) is 2.95. The van der Waals surface area contributed by atoms with Gasteiger partial charge in [-0.2, -0.15) is 0 Å². The fourth-order valence-electron chi connectivity index (χ4n) is 1.87. The fourth-order valence-corrected chi connectivity index (χ4v) is 2.63. The van der Waals surface area contributed by atoms with Crippen LogP contribution >= 0.6 is 34.8 Å². The Balaban J connectivity index is 2.19. The van der Waals surface area contributed by atoms with Crippen LogP contribution in [0.15, 0.2) is 30.3 Å². The lowest BCUT2D eigenvalue weighted by Gasteiger charge is -2.14. The van der Waals surface area contributed by atoms with E-state index in [0.29, 0.717) is 37.9 Å². The van der Waals surface area contributed by atoms with Gasteiger partial charge >= 0.3 is 6.03 Å². The highest BCUT2D eigenvalue weighted by Gasteiger charge is 2.13. The van der Waals surface area contributed by atoms with Crippen LogP contribution in [0.2, 0.25) is 15.1 Å². The number of hydrogen-bond donors (Lipinski definition) is 2. The first kappa shape index (κ1) is 17.5. The van der Waals surface area contributed by atoms with Crippen LogP contribution in [0.25, 0.3) is 0 Å². The van der Waals surface area contributed by atoms with E-state index in [9.17, 15) is 4.79 Å². The quantitative estimate of drug-likeness (QED) is 0.761. The molecule has 0 spiro atoms. The van der Waals surface area contributed by atoms with Gasteiger partial charge < -0.3 is 20.1 Å². The first-order valence-electron chi connectivity index (χ1n) is 6.38. The second kappa shape index (κ2) is 7.64. The van der Waals surface area contributed by atoms with Crippen LogP contribution in [0.1, 0.15) is 0 Å². The first-order valence-corrected chi connectivity index (χ1v) is 7.52. The van der Waals surface area contributed by atoms with Crippen molar-refractivity contribution in [2.24, 2.45) is 0 Å². The summed E-state index contributed by atoms with van der Waals surface area (Å²) in [6, 6.07) is 7.34. The fraction of sp³-hybridized carbons (Fsp3) is 0.133. The molecule has 2 amide bonds. The van der Waals surface area contributed by atoms with Crippen molar-refractivity contribution < 1.29 is 14.3 Å². The zero-order valence-electron chi connectivity index (χ0n) is 12.2. The SMILES string of the molecule is COc1cc(NC(=O)Nc2cc(Cl)cc(Cl)c2)c(OC)cc1Cl. The van der Waals surface area contributed by atoms with Crippen molar-refractivity contribution in [1.82, 2.24) is 0 Å².